The molecule has 5 N–H and O–H groups in total. The van der Waals surface area contributed by atoms with Crippen molar-refractivity contribution in [2.75, 3.05) is 11.9 Å². The molecular weight excluding hydrogens is 483 g/mol. The highest BCUT2D eigenvalue weighted by Crippen LogP contribution is 2.36. The number of hydrogen-bond donors (Lipinski definition) is 4. The number of aryl methyl sites for hydroxylation is 1. The summed E-state index contributed by atoms with van der Waals surface area (Å²) >= 11 is 0.969. The van der Waals surface area contributed by atoms with E-state index in [4.69, 9.17) is 10.5 Å². The van der Waals surface area contributed by atoms with Crippen LogP contribution in [0, 0.1) is 11.6 Å². The Balaban J connectivity index is 1.55. The molecule has 8 nitrogen and oxygen atoms in total. The van der Waals surface area contributed by atoms with Gasteiger partial charge in [-0.05, 0) is 44.4 Å². The normalized spacial score (nSPS) is 22.1. The number of nitrogens with two attached hydrogens (primary N) is 1. The molecule has 4 atom stereocenters. The number of rotatable bonds is 6. The number of aliphatic hydroxyl groups excluding tert-OH is 1. The maximum atomic E-state index is 14.7. The fourth-order valence-electron chi connectivity index (χ4n) is 3.97. The Kier molecular flexibility index (Phi) is 7.21. The minimum absolute atomic E-state index is 0.0413. The molecule has 3 heterocycles. The molecule has 1 unspecified atom stereocenters. The number of halogens is 3. The van der Waals surface area contributed by atoms with Gasteiger partial charge in [0.1, 0.15) is 34.6 Å². The molecule has 0 radical (unpaired) electrons. The molecule has 0 saturated carbocycles. The van der Waals surface area contributed by atoms with Crippen LogP contribution in [0.3, 0.4) is 0 Å². The summed E-state index contributed by atoms with van der Waals surface area (Å²) in [5.41, 5.74) is 5.39. The first-order valence-electron chi connectivity index (χ1n) is 11.1. The molecule has 4 rings (SSSR count). The monoisotopic (exact) mass is 511 g/mol. The van der Waals surface area contributed by atoms with E-state index in [1.165, 1.54) is 25.4 Å². The Morgan fingerprint density at radius 2 is 1.97 bits per heavy atom. The van der Waals surface area contributed by atoms with Crippen molar-refractivity contribution in [1.82, 2.24) is 14.8 Å². The summed E-state index contributed by atoms with van der Waals surface area (Å²) in [4.78, 5) is 4.21. The molecule has 190 valence electrons. The van der Waals surface area contributed by atoms with Crippen molar-refractivity contribution in [1.29, 1.82) is 0 Å². The number of nitrogens with zero attached hydrogens (tertiary/aromatic N) is 3. The van der Waals surface area contributed by atoms with Crippen molar-refractivity contribution in [2.45, 2.75) is 56.8 Å². The first-order chi connectivity index (χ1) is 16.5. The van der Waals surface area contributed by atoms with Gasteiger partial charge in [0.25, 0.3) is 0 Å². The summed E-state index contributed by atoms with van der Waals surface area (Å²) in [6.07, 6.45) is -0.646. The maximum Gasteiger partial charge on any atom is 0.169 e. The average Bonchev–Trinajstić information content (AvgIpc) is 3.36. The van der Waals surface area contributed by atoms with Crippen LogP contribution in [-0.2, 0) is 17.4 Å². The smallest absolute Gasteiger partial charge is 0.169 e. The zero-order valence-corrected chi connectivity index (χ0v) is 20.3. The largest absolute Gasteiger partial charge is 0.386 e. The first kappa shape index (κ1) is 25.6. The number of aromatic nitrogens is 3. The number of benzene rings is 1. The van der Waals surface area contributed by atoms with Crippen molar-refractivity contribution in [3.05, 3.63) is 52.3 Å². The van der Waals surface area contributed by atoms with E-state index >= 15 is 0 Å². The lowest BCUT2D eigenvalue weighted by Gasteiger charge is -2.19. The molecule has 35 heavy (non-hydrogen) atoms. The molecule has 0 spiro atoms. The molecule has 0 aliphatic carbocycles. The summed E-state index contributed by atoms with van der Waals surface area (Å²) in [6, 6.07) is 1.52. The van der Waals surface area contributed by atoms with E-state index in [0.717, 1.165) is 23.5 Å². The SMILES string of the molecule is Cn1ncc(NC(O)c2csc(-c3c(F)cc(C(C)(C)O)cc3F)n2)c1[C@@H]1CC[C@@H](N)[C@H](F)CO1. The van der Waals surface area contributed by atoms with Crippen molar-refractivity contribution < 1.29 is 28.1 Å². The first-order valence-corrected chi connectivity index (χ1v) is 12.0. The molecule has 1 aromatic carbocycles. The lowest BCUT2D eigenvalue weighted by atomic mass is 9.96. The summed E-state index contributed by atoms with van der Waals surface area (Å²) < 4.78 is 50.7. The predicted molar refractivity (Wildman–Crippen MR) is 125 cm³/mol. The third kappa shape index (κ3) is 5.36. The number of aliphatic hydroxyl groups is 2. The third-order valence-corrected chi connectivity index (χ3v) is 6.91. The highest BCUT2D eigenvalue weighted by Gasteiger charge is 2.30. The zero-order valence-electron chi connectivity index (χ0n) is 19.5. The molecule has 3 aromatic rings. The van der Waals surface area contributed by atoms with Gasteiger partial charge in [-0.1, -0.05) is 0 Å². The van der Waals surface area contributed by atoms with Crippen LogP contribution >= 0.6 is 11.3 Å². The van der Waals surface area contributed by atoms with Gasteiger partial charge < -0.3 is 26.0 Å². The summed E-state index contributed by atoms with van der Waals surface area (Å²) in [6.45, 7) is 2.72. The topological polar surface area (TPSA) is 118 Å². The Labute approximate surface area is 204 Å². The lowest BCUT2D eigenvalue weighted by molar-refractivity contribution is 0.0246. The van der Waals surface area contributed by atoms with E-state index in [1.807, 2.05) is 0 Å². The van der Waals surface area contributed by atoms with E-state index in [2.05, 4.69) is 15.4 Å². The van der Waals surface area contributed by atoms with Crippen LogP contribution in [0.25, 0.3) is 10.6 Å². The van der Waals surface area contributed by atoms with Crippen LogP contribution in [0.4, 0.5) is 18.9 Å². The van der Waals surface area contributed by atoms with Crippen LogP contribution in [-0.4, -0.2) is 43.8 Å². The molecule has 2 aromatic heterocycles. The van der Waals surface area contributed by atoms with Crippen molar-refractivity contribution in [3.63, 3.8) is 0 Å². The quantitative estimate of drug-likeness (QED) is 0.373. The number of alkyl halides is 1. The Bertz CT molecular complexity index is 1160. The highest BCUT2D eigenvalue weighted by molar-refractivity contribution is 7.13. The fraction of sp³-hybridized carbons (Fsp3) is 0.478. The molecule has 1 fully saturated rings. The van der Waals surface area contributed by atoms with Gasteiger partial charge >= 0.3 is 0 Å². The van der Waals surface area contributed by atoms with Crippen molar-refractivity contribution in [3.8, 4) is 10.6 Å². The van der Waals surface area contributed by atoms with Crippen LogP contribution < -0.4 is 11.1 Å². The van der Waals surface area contributed by atoms with E-state index in [-0.39, 0.29) is 28.4 Å². The third-order valence-electron chi connectivity index (χ3n) is 6.03. The number of anilines is 1. The molecular formula is C23H28F3N5O3S. The minimum atomic E-state index is -1.41. The van der Waals surface area contributed by atoms with Gasteiger partial charge in [-0.25, -0.2) is 18.2 Å². The maximum absolute atomic E-state index is 14.7. The van der Waals surface area contributed by atoms with Gasteiger partial charge in [-0.15, -0.1) is 11.3 Å². The highest BCUT2D eigenvalue weighted by atomic mass is 32.1. The minimum Gasteiger partial charge on any atom is -0.386 e. The molecule has 0 bridgehead atoms. The molecule has 1 aliphatic heterocycles. The van der Waals surface area contributed by atoms with Gasteiger partial charge in [0, 0.05) is 18.5 Å². The van der Waals surface area contributed by atoms with Crippen LogP contribution in [0.1, 0.15) is 56.0 Å². The van der Waals surface area contributed by atoms with E-state index in [0.29, 0.717) is 24.2 Å². The van der Waals surface area contributed by atoms with Crippen LogP contribution in [0.15, 0.2) is 23.7 Å². The second-order valence-corrected chi connectivity index (χ2v) is 10.0. The Morgan fingerprint density at radius 1 is 1.29 bits per heavy atom. The van der Waals surface area contributed by atoms with Crippen molar-refractivity contribution in [2.24, 2.45) is 12.8 Å². The standard InChI is InChI=1S/C23H28F3N5O3S/c1-23(2,33)11-6-12(24)19(13(25)7-11)22-30-17(10-35-22)21(32)29-16-8-28-31(3)20(16)18-5-4-15(27)14(26)9-34-18/h6-8,10,14-15,18,21,29,32-33H,4-5,9,27H2,1-3H3/t14-,15-,18+,21?/m1/s1. The summed E-state index contributed by atoms with van der Waals surface area (Å²) in [5, 5.41) is 29.4. The van der Waals surface area contributed by atoms with Crippen molar-refractivity contribution >= 4 is 17.0 Å². The van der Waals surface area contributed by atoms with Gasteiger partial charge in [-0.3, -0.25) is 4.68 Å². The Hall–Kier alpha value is -2.51. The molecule has 1 saturated heterocycles. The Morgan fingerprint density at radius 3 is 2.63 bits per heavy atom. The summed E-state index contributed by atoms with van der Waals surface area (Å²) in [7, 11) is 1.71. The van der Waals surface area contributed by atoms with E-state index in [1.54, 1.807) is 11.7 Å². The lowest BCUT2D eigenvalue weighted by Crippen LogP contribution is -2.32. The van der Waals surface area contributed by atoms with E-state index < -0.39 is 41.8 Å². The van der Waals surface area contributed by atoms with Crippen LogP contribution in [0.2, 0.25) is 0 Å². The molecule has 0 amide bonds. The predicted octanol–water partition coefficient (Wildman–Crippen LogP) is 3.67. The number of nitrogens with one attached hydrogen (secondary N) is 1. The van der Waals surface area contributed by atoms with Crippen LogP contribution in [0.5, 0.6) is 0 Å². The molecule has 1 aliphatic rings. The number of hydrogen-bond acceptors (Lipinski definition) is 8. The zero-order chi connectivity index (χ0) is 25.5. The second-order valence-electron chi connectivity index (χ2n) is 9.14. The number of ether oxygens (including phenoxy) is 1. The fourth-order valence-corrected chi connectivity index (χ4v) is 4.86. The number of thiazole rings is 1. The molecule has 12 heteroatoms. The van der Waals surface area contributed by atoms with Gasteiger partial charge in [0.2, 0.25) is 0 Å². The summed E-state index contributed by atoms with van der Waals surface area (Å²) in [5.74, 6) is -1.73. The second kappa shape index (κ2) is 9.86. The van der Waals surface area contributed by atoms with Gasteiger partial charge in [-0.2, -0.15) is 5.10 Å². The van der Waals surface area contributed by atoms with Gasteiger partial charge in [0.05, 0.1) is 35.3 Å². The van der Waals surface area contributed by atoms with Gasteiger partial charge in [0.15, 0.2) is 6.23 Å². The van der Waals surface area contributed by atoms with E-state index in [9.17, 15) is 23.4 Å². The average molecular weight is 512 g/mol.